The van der Waals surface area contributed by atoms with Crippen molar-refractivity contribution in [3.63, 3.8) is 0 Å². The minimum Gasteiger partial charge on any atom is -0.366 e. The molecule has 1 saturated heterocycles. The quantitative estimate of drug-likeness (QED) is 0.844. The zero-order valence-electron chi connectivity index (χ0n) is 13.1. The molecule has 0 amide bonds. The Labute approximate surface area is 144 Å². The molecule has 0 bridgehead atoms. The molecular formula is C14H19ClF3N3O2S. The molecule has 5 nitrogen and oxygen atoms in total. The van der Waals surface area contributed by atoms with E-state index in [9.17, 15) is 21.6 Å². The smallest absolute Gasteiger partial charge is 0.366 e. The van der Waals surface area contributed by atoms with Gasteiger partial charge in [0.1, 0.15) is 15.7 Å². The predicted octanol–water partition coefficient (Wildman–Crippen LogP) is 2.67. The summed E-state index contributed by atoms with van der Waals surface area (Å²) in [5, 5.41) is 3.00. The van der Waals surface area contributed by atoms with Crippen LogP contribution in [0.15, 0.2) is 12.3 Å². The first-order chi connectivity index (χ1) is 11.0. The summed E-state index contributed by atoms with van der Waals surface area (Å²) >= 11 is 5.88. The monoisotopic (exact) mass is 385 g/mol. The molecule has 0 saturated carbocycles. The third-order valence-corrected chi connectivity index (χ3v) is 5.09. The fourth-order valence-corrected chi connectivity index (χ4v) is 3.30. The van der Waals surface area contributed by atoms with Crippen molar-refractivity contribution in [1.82, 2.24) is 9.88 Å². The third-order valence-electron chi connectivity index (χ3n) is 3.88. The van der Waals surface area contributed by atoms with Crippen LogP contribution in [-0.4, -0.2) is 56.0 Å². The molecule has 1 aromatic heterocycles. The van der Waals surface area contributed by atoms with Gasteiger partial charge >= 0.3 is 6.18 Å². The standard InChI is InChI=1S/C14H19ClF3N3O2S/c1-24(22,23)7-6-21-4-2-11(3-5-21)20-13-12(15)8-10(9-19-13)14(16,17)18/h8-9,11H,2-7H2,1H3,(H,19,20). The number of anilines is 1. The lowest BCUT2D eigenvalue weighted by Gasteiger charge is -2.32. The van der Waals surface area contributed by atoms with E-state index in [0.29, 0.717) is 19.6 Å². The second-order valence-corrected chi connectivity index (χ2v) is 8.61. The third kappa shape index (κ3) is 5.78. The average molecular weight is 386 g/mol. The van der Waals surface area contributed by atoms with E-state index in [4.69, 9.17) is 11.6 Å². The van der Waals surface area contributed by atoms with Crippen LogP contribution in [0.3, 0.4) is 0 Å². The van der Waals surface area contributed by atoms with E-state index in [2.05, 4.69) is 15.2 Å². The molecule has 1 aromatic rings. The Hall–Kier alpha value is -1.06. The van der Waals surface area contributed by atoms with E-state index in [1.165, 1.54) is 6.26 Å². The Kier molecular flexibility index (Phi) is 5.98. The van der Waals surface area contributed by atoms with Gasteiger partial charge in [0, 0.05) is 38.1 Å². The van der Waals surface area contributed by atoms with Gasteiger partial charge in [0.2, 0.25) is 0 Å². The first-order valence-electron chi connectivity index (χ1n) is 7.44. The van der Waals surface area contributed by atoms with Crippen LogP contribution in [0.1, 0.15) is 18.4 Å². The largest absolute Gasteiger partial charge is 0.417 e. The maximum Gasteiger partial charge on any atom is 0.417 e. The molecule has 1 aliphatic heterocycles. The minimum atomic E-state index is -4.47. The zero-order chi connectivity index (χ0) is 18.0. The normalized spacial score (nSPS) is 17.9. The van der Waals surface area contributed by atoms with Crippen molar-refractivity contribution in [1.29, 1.82) is 0 Å². The SMILES string of the molecule is CS(=O)(=O)CCN1CCC(Nc2ncc(C(F)(F)F)cc2Cl)CC1. The lowest BCUT2D eigenvalue weighted by atomic mass is 10.1. The Balaban J connectivity index is 1.88. The number of pyridine rings is 1. The first kappa shape index (κ1) is 19.3. The maximum absolute atomic E-state index is 12.6. The van der Waals surface area contributed by atoms with Gasteiger partial charge < -0.3 is 10.2 Å². The molecule has 0 aromatic carbocycles. The number of hydrogen-bond donors (Lipinski definition) is 1. The fraction of sp³-hybridized carbons (Fsp3) is 0.643. The van der Waals surface area contributed by atoms with Crippen LogP contribution < -0.4 is 5.32 Å². The van der Waals surface area contributed by atoms with Crippen LogP contribution in [0.2, 0.25) is 5.02 Å². The van der Waals surface area contributed by atoms with Gasteiger partial charge in [-0.05, 0) is 18.9 Å². The number of nitrogens with one attached hydrogen (secondary N) is 1. The van der Waals surface area contributed by atoms with Crippen LogP contribution in [-0.2, 0) is 16.0 Å². The highest BCUT2D eigenvalue weighted by atomic mass is 35.5. The van der Waals surface area contributed by atoms with Gasteiger partial charge in [0.05, 0.1) is 16.3 Å². The van der Waals surface area contributed by atoms with Crippen molar-refractivity contribution < 1.29 is 21.6 Å². The summed E-state index contributed by atoms with van der Waals surface area (Å²) in [4.78, 5) is 5.83. The molecule has 2 heterocycles. The van der Waals surface area contributed by atoms with Crippen molar-refractivity contribution in [2.45, 2.75) is 25.1 Å². The van der Waals surface area contributed by atoms with Crippen molar-refractivity contribution >= 4 is 27.3 Å². The lowest BCUT2D eigenvalue weighted by Crippen LogP contribution is -2.41. The summed E-state index contributed by atoms with van der Waals surface area (Å²) < 4.78 is 60.1. The van der Waals surface area contributed by atoms with E-state index in [1.807, 2.05) is 0 Å². The first-order valence-corrected chi connectivity index (χ1v) is 9.88. The van der Waals surface area contributed by atoms with Crippen molar-refractivity contribution in [3.8, 4) is 0 Å². The summed E-state index contributed by atoms with van der Waals surface area (Å²) in [5.74, 6) is 0.358. The number of halogens is 4. The van der Waals surface area contributed by atoms with E-state index in [-0.39, 0.29) is 22.6 Å². The molecule has 0 unspecified atom stereocenters. The van der Waals surface area contributed by atoms with Crippen molar-refractivity contribution in [3.05, 3.63) is 22.8 Å². The Morgan fingerprint density at radius 3 is 2.50 bits per heavy atom. The molecule has 0 atom stereocenters. The number of alkyl halides is 3. The molecule has 24 heavy (non-hydrogen) atoms. The summed E-state index contributed by atoms with van der Waals surface area (Å²) in [6, 6.07) is 0.902. The number of piperidine rings is 1. The van der Waals surface area contributed by atoms with Gasteiger partial charge in [-0.2, -0.15) is 13.2 Å². The molecule has 0 aliphatic carbocycles. The van der Waals surface area contributed by atoms with Gasteiger partial charge in [-0.25, -0.2) is 13.4 Å². The number of aromatic nitrogens is 1. The van der Waals surface area contributed by atoms with E-state index < -0.39 is 21.6 Å². The summed E-state index contributed by atoms with van der Waals surface area (Å²) in [7, 11) is -2.98. The Morgan fingerprint density at radius 1 is 1.38 bits per heavy atom. The molecule has 0 radical (unpaired) electrons. The van der Waals surface area contributed by atoms with Gasteiger partial charge in [-0.1, -0.05) is 11.6 Å². The number of hydrogen-bond acceptors (Lipinski definition) is 5. The summed E-state index contributed by atoms with van der Waals surface area (Å²) in [5.41, 5.74) is -0.881. The number of sulfone groups is 1. The van der Waals surface area contributed by atoms with Crippen LogP contribution >= 0.6 is 11.6 Å². The highest BCUT2D eigenvalue weighted by molar-refractivity contribution is 7.90. The van der Waals surface area contributed by atoms with Crippen molar-refractivity contribution in [2.75, 3.05) is 37.0 Å². The van der Waals surface area contributed by atoms with Gasteiger partial charge in [-0.3, -0.25) is 0 Å². The van der Waals surface area contributed by atoms with E-state index in [1.54, 1.807) is 0 Å². The van der Waals surface area contributed by atoms with E-state index >= 15 is 0 Å². The summed E-state index contributed by atoms with van der Waals surface area (Å²) in [6.45, 7) is 1.92. The second-order valence-electron chi connectivity index (χ2n) is 5.94. The average Bonchev–Trinajstić information content (AvgIpc) is 2.47. The molecule has 1 fully saturated rings. The summed E-state index contributed by atoms with van der Waals surface area (Å²) in [6.07, 6.45) is -1.03. The molecular weight excluding hydrogens is 367 g/mol. The van der Waals surface area contributed by atoms with Crippen LogP contribution in [0.4, 0.5) is 19.0 Å². The molecule has 136 valence electrons. The van der Waals surface area contributed by atoms with Gasteiger partial charge in [-0.15, -0.1) is 0 Å². The Bertz CT molecular complexity index is 674. The minimum absolute atomic E-state index is 0.0428. The predicted molar refractivity (Wildman–Crippen MR) is 87.0 cm³/mol. The van der Waals surface area contributed by atoms with Gasteiger partial charge in [0.25, 0.3) is 0 Å². The van der Waals surface area contributed by atoms with Crippen LogP contribution in [0, 0.1) is 0 Å². The molecule has 0 spiro atoms. The second kappa shape index (κ2) is 7.45. The molecule has 1 N–H and O–H groups in total. The van der Waals surface area contributed by atoms with Crippen molar-refractivity contribution in [2.24, 2.45) is 0 Å². The van der Waals surface area contributed by atoms with Crippen LogP contribution in [0.5, 0.6) is 0 Å². The highest BCUT2D eigenvalue weighted by Gasteiger charge is 2.32. The Morgan fingerprint density at radius 2 is 2.00 bits per heavy atom. The zero-order valence-corrected chi connectivity index (χ0v) is 14.7. The maximum atomic E-state index is 12.6. The molecule has 10 heteroatoms. The topological polar surface area (TPSA) is 62.3 Å². The number of nitrogens with zero attached hydrogens (tertiary/aromatic N) is 2. The highest BCUT2D eigenvalue weighted by Crippen LogP contribution is 2.32. The number of rotatable bonds is 5. The number of likely N-dealkylation sites (tertiary alicyclic amines) is 1. The van der Waals surface area contributed by atoms with E-state index in [0.717, 1.165) is 25.1 Å². The van der Waals surface area contributed by atoms with Gasteiger partial charge in [0.15, 0.2) is 0 Å². The lowest BCUT2D eigenvalue weighted by molar-refractivity contribution is -0.137. The van der Waals surface area contributed by atoms with Crippen LogP contribution in [0.25, 0.3) is 0 Å². The fourth-order valence-electron chi connectivity index (χ4n) is 2.49. The molecule has 1 aliphatic rings. The molecule has 2 rings (SSSR count).